The summed E-state index contributed by atoms with van der Waals surface area (Å²) in [5, 5.41) is 9.60. The van der Waals surface area contributed by atoms with Crippen LogP contribution in [0.4, 0.5) is 0 Å². The van der Waals surface area contributed by atoms with Crippen LogP contribution in [-0.2, 0) is 6.61 Å². The van der Waals surface area contributed by atoms with Gasteiger partial charge in [-0.1, -0.05) is 17.7 Å². The molecule has 98 valence electrons. The highest BCUT2D eigenvalue weighted by atomic mass is 79.9. The van der Waals surface area contributed by atoms with E-state index in [1.165, 1.54) is 6.20 Å². The summed E-state index contributed by atoms with van der Waals surface area (Å²) in [6.07, 6.45) is 1.44. The Morgan fingerprint density at radius 2 is 2.21 bits per heavy atom. The zero-order valence-electron chi connectivity index (χ0n) is 9.64. The molecule has 19 heavy (non-hydrogen) atoms. The normalized spacial score (nSPS) is 10.2. The summed E-state index contributed by atoms with van der Waals surface area (Å²) >= 11 is 9.15. The van der Waals surface area contributed by atoms with E-state index < -0.39 is 5.97 Å². The zero-order valence-corrected chi connectivity index (χ0v) is 12.0. The first kappa shape index (κ1) is 13.8. The predicted octanol–water partition coefficient (Wildman–Crippen LogP) is 3.77. The average Bonchev–Trinajstić information content (AvgIpc) is 2.38. The fourth-order valence-corrected chi connectivity index (χ4v) is 2.29. The van der Waals surface area contributed by atoms with Crippen LogP contribution in [0, 0.1) is 0 Å². The highest BCUT2D eigenvalue weighted by Gasteiger charge is 2.12. The largest absolute Gasteiger partial charge is 0.488 e. The third-order valence-corrected chi connectivity index (χ3v) is 3.23. The molecule has 0 radical (unpaired) electrons. The Hall–Kier alpha value is -1.59. The number of nitrogens with zero attached hydrogens (tertiary/aromatic N) is 1. The first-order chi connectivity index (χ1) is 9.08. The Morgan fingerprint density at radius 3 is 2.89 bits per heavy atom. The summed E-state index contributed by atoms with van der Waals surface area (Å²) in [5.41, 5.74) is 0.504. The minimum Gasteiger partial charge on any atom is -0.488 e. The van der Waals surface area contributed by atoms with E-state index in [1.54, 1.807) is 30.3 Å². The maximum atomic E-state index is 11.0. The first-order valence-corrected chi connectivity index (χ1v) is 6.50. The molecule has 0 aliphatic heterocycles. The molecule has 0 amide bonds. The number of aromatic carboxylic acids is 1. The van der Waals surface area contributed by atoms with E-state index in [0.717, 1.165) is 0 Å². The maximum absolute atomic E-state index is 11.0. The number of aromatic nitrogens is 1. The summed E-state index contributed by atoms with van der Waals surface area (Å²) in [4.78, 5) is 14.8. The van der Waals surface area contributed by atoms with Gasteiger partial charge in [-0.15, -0.1) is 0 Å². The van der Waals surface area contributed by atoms with Gasteiger partial charge in [0.15, 0.2) is 5.69 Å². The van der Waals surface area contributed by atoms with Crippen LogP contribution in [0.2, 0.25) is 5.02 Å². The number of pyridine rings is 1. The molecule has 0 aliphatic carbocycles. The molecule has 2 aromatic rings. The van der Waals surface area contributed by atoms with Crippen molar-refractivity contribution in [2.75, 3.05) is 0 Å². The van der Waals surface area contributed by atoms with Crippen molar-refractivity contribution in [2.45, 2.75) is 6.61 Å². The minimum atomic E-state index is -1.07. The van der Waals surface area contributed by atoms with Gasteiger partial charge in [0.1, 0.15) is 12.4 Å². The fourth-order valence-electron chi connectivity index (χ4n) is 1.50. The number of halogens is 2. The lowest BCUT2D eigenvalue weighted by atomic mass is 10.2. The topological polar surface area (TPSA) is 59.4 Å². The molecule has 4 nitrogen and oxygen atoms in total. The third-order valence-electron chi connectivity index (χ3n) is 2.37. The number of ether oxygens (including phenoxy) is 1. The quantitative estimate of drug-likeness (QED) is 0.918. The highest BCUT2D eigenvalue weighted by molar-refractivity contribution is 9.10. The first-order valence-electron chi connectivity index (χ1n) is 5.33. The molecule has 0 unspecified atom stereocenters. The summed E-state index contributed by atoms with van der Waals surface area (Å²) in [5.74, 6) is -0.487. The lowest BCUT2D eigenvalue weighted by Gasteiger charge is -2.09. The van der Waals surface area contributed by atoms with Crippen molar-refractivity contribution < 1.29 is 14.6 Å². The second kappa shape index (κ2) is 6.04. The second-order valence-corrected chi connectivity index (χ2v) is 4.97. The molecular formula is C13H9BrClNO3. The van der Waals surface area contributed by atoms with E-state index in [-0.39, 0.29) is 12.3 Å². The van der Waals surface area contributed by atoms with Gasteiger partial charge in [0.05, 0.1) is 4.47 Å². The Labute approximate surface area is 123 Å². The SMILES string of the molecule is O=C(O)c1ncccc1COc1ccc(Cl)cc1Br. The van der Waals surface area contributed by atoms with Gasteiger partial charge in [-0.2, -0.15) is 0 Å². The van der Waals surface area contributed by atoms with Gasteiger partial charge in [0, 0.05) is 16.8 Å². The number of hydrogen-bond acceptors (Lipinski definition) is 3. The van der Waals surface area contributed by atoms with Crippen molar-refractivity contribution in [1.82, 2.24) is 4.98 Å². The lowest BCUT2D eigenvalue weighted by molar-refractivity contribution is 0.0687. The van der Waals surface area contributed by atoms with Crippen molar-refractivity contribution in [3.63, 3.8) is 0 Å². The standard InChI is InChI=1S/C13H9BrClNO3/c14-10-6-9(15)3-4-11(10)19-7-8-2-1-5-16-12(8)13(17)18/h1-6H,7H2,(H,17,18). The molecule has 1 N–H and O–H groups in total. The van der Waals surface area contributed by atoms with E-state index in [9.17, 15) is 4.79 Å². The monoisotopic (exact) mass is 341 g/mol. The highest BCUT2D eigenvalue weighted by Crippen LogP contribution is 2.28. The van der Waals surface area contributed by atoms with Crippen molar-refractivity contribution in [3.05, 3.63) is 57.3 Å². The van der Waals surface area contributed by atoms with Gasteiger partial charge in [-0.25, -0.2) is 9.78 Å². The average molecular weight is 343 g/mol. The fraction of sp³-hybridized carbons (Fsp3) is 0.0769. The van der Waals surface area contributed by atoms with Gasteiger partial charge in [-0.05, 0) is 40.2 Å². The summed E-state index contributed by atoms with van der Waals surface area (Å²) in [6.45, 7) is 0.121. The molecule has 0 spiro atoms. The van der Waals surface area contributed by atoms with Gasteiger partial charge >= 0.3 is 5.97 Å². The molecule has 1 heterocycles. The number of carbonyl (C=O) groups is 1. The smallest absolute Gasteiger partial charge is 0.354 e. The van der Waals surface area contributed by atoms with E-state index in [2.05, 4.69) is 20.9 Å². The van der Waals surface area contributed by atoms with Crippen molar-refractivity contribution in [3.8, 4) is 5.75 Å². The van der Waals surface area contributed by atoms with Crippen LogP contribution in [0.15, 0.2) is 41.0 Å². The van der Waals surface area contributed by atoms with Crippen molar-refractivity contribution in [1.29, 1.82) is 0 Å². The molecule has 0 saturated carbocycles. The van der Waals surface area contributed by atoms with Gasteiger partial charge < -0.3 is 9.84 Å². The summed E-state index contributed by atoms with van der Waals surface area (Å²) in [7, 11) is 0. The van der Waals surface area contributed by atoms with Crippen LogP contribution in [0.1, 0.15) is 16.1 Å². The Bertz CT molecular complexity index is 619. The Morgan fingerprint density at radius 1 is 1.42 bits per heavy atom. The molecule has 0 saturated heterocycles. The number of hydrogen-bond donors (Lipinski definition) is 1. The Kier molecular flexibility index (Phi) is 4.39. The van der Waals surface area contributed by atoms with Crippen molar-refractivity contribution in [2.24, 2.45) is 0 Å². The van der Waals surface area contributed by atoms with Crippen molar-refractivity contribution >= 4 is 33.5 Å². The summed E-state index contributed by atoms with van der Waals surface area (Å²) in [6, 6.07) is 8.45. The number of benzene rings is 1. The third kappa shape index (κ3) is 3.45. The maximum Gasteiger partial charge on any atom is 0.354 e. The minimum absolute atomic E-state index is 0.00686. The van der Waals surface area contributed by atoms with Crippen LogP contribution < -0.4 is 4.74 Å². The lowest BCUT2D eigenvalue weighted by Crippen LogP contribution is -2.08. The molecule has 0 atom stereocenters. The Balaban J connectivity index is 2.17. The van der Waals surface area contributed by atoms with E-state index in [0.29, 0.717) is 20.8 Å². The molecule has 2 rings (SSSR count). The van der Waals surface area contributed by atoms with Crippen LogP contribution in [0.25, 0.3) is 0 Å². The summed E-state index contributed by atoms with van der Waals surface area (Å²) < 4.78 is 6.27. The molecular weight excluding hydrogens is 334 g/mol. The molecule has 1 aromatic carbocycles. The second-order valence-electron chi connectivity index (χ2n) is 3.68. The number of carboxylic acids is 1. The van der Waals surface area contributed by atoms with Crippen LogP contribution in [-0.4, -0.2) is 16.1 Å². The van der Waals surface area contributed by atoms with Gasteiger partial charge in [0.2, 0.25) is 0 Å². The molecule has 6 heteroatoms. The van der Waals surface area contributed by atoms with Crippen LogP contribution >= 0.6 is 27.5 Å². The van der Waals surface area contributed by atoms with Crippen LogP contribution in [0.5, 0.6) is 5.75 Å². The zero-order chi connectivity index (χ0) is 13.8. The van der Waals surface area contributed by atoms with Gasteiger partial charge in [0.25, 0.3) is 0 Å². The predicted molar refractivity (Wildman–Crippen MR) is 74.7 cm³/mol. The number of rotatable bonds is 4. The molecule has 0 aliphatic rings. The van der Waals surface area contributed by atoms with Crippen LogP contribution in [0.3, 0.4) is 0 Å². The van der Waals surface area contributed by atoms with E-state index in [1.807, 2.05) is 0 Å². The van der Waals surface area contributed by atoms with E-state index >= 15 is 0 Å². The molecule has 0 fully saturated rings. The van der Waals surface area contributed by atoms with Gasteiger partial charge in [-0.3, -0.25) is 0 Å². The number of carboxylic acid groups (broad SMARTS) is 1. The molecule has 1 aromatic heterocycles. The molecule has 0 bridgehead atoms. The van der Waals surface area contributed by atoms with E-state index in [4.69, 9.17) is 21.4 Å².